The van der Waals surface area contributed by atoms with Crippen LogP contribution in [0.4, 0.5) is 10.1 Å². The van der Waals surface area contributed by atoms with E-state index < -0.39 is 6.86 Å². The van der Waals surface area contributed by atoms with Crippen molar-refractivity contribution in [1.29, 1.82) is 0 Å². The van der Waals surface area contributed by atoms with Gasteiger partial charge in [0.1, 0.15) is 18.1 Å². The summed E-state index contributed by atoms with van der Waals surface area (Å²) in [7, 11) is 0. The van der Waals surface area contributed by atoms with Crippen LogP contribution in [-0.4, -0.2) is 18.6 Å². The third-order valence-electron chi connectivity index (χ3n) is 3.87. The van der Waals surface area contributed by atoms with Crippen LogP contribution in [0.25, 0.3) is 0 Å². The average molecular weight is 377 g/mol. The van der Waals surface area contributed by atoms with E-state index in [0.29, 0.717) is 18.0 Å². The minimum Gasteiger partial charge on any atom is -0.493 e. The topological polar surface area (TPSA) is 39.7 Å². The SMILES string of the molecule is CCOc1cccc(NC(=S)OCF)c1COc1ccc(CC)cc1C. The van der Waals surface area contributed by atoms with Crippen LogP contribution in [0, 0.1) is 6.92 Å². The lowest BCUT2D eigenvalue weighted by Crippen LogP contribution is -2.15. The molecule has 1 N–H and O–H groups in total. The number of halogens is 1. The number of nitrogens with one attached hydrogen (secondary N) is 1. The molecule has 0 radical (unpaired) electrons. The first-order chi connectivity index (χ1) is 12.6. The van der Waals surface area contributed by atoms with E-state index in [0.717, 1.165) is 23.3 Å². The Bertz CT molecular complexity index is 752. The zero-order valence-electron chi connectivity index (χ0n) is 15.3. The van der Waals surface area contributed by atoms with Gasteiger partial charge in [-0.25, -0.2) is 4.39 Å². The number of benzene rings is 2. The second-order valence-corrected chi connectivity index (χ2v) is 5.99. The van der Waals surface area contributed by atoms with E-state index in [1.54, 1.807) is 0 Å². The molecule has 0 saturated heterocycles. The van der Waals surface area contributed by atoms with Crippen molar-refractivity contribution >= 4 is 23.1 Å². The van der Waals surface area contributed by atoms with Gasteiger partial charge in [0.05, 0.1) is 17.9 Å². The van der Waals surface area contributed by atoms with Crippen LogP contribution >= 0.6 is 12.2 Å². The van der Waals surface area contributed by atoms with Crippen molar-refractivity contribution in [2.45, 2.75) is 33.8 Å². The van der Waals surface area contributed by atoms with Crippen LogP contribution in [0.1, 0.15) is 30.5 Å². The van der Waals surface area contributed by atoms with Gasteiger partial charge in [0.2, 0.25) is 6.86 Å². The van der Waals surface area contributed by atoms with Gasteiger partial charge in [-0.15, -0.1) is 0 Å². The fraction of sp³-hybridized carbons (Fsp3) is 0.350. The molecule has 0 spiro atoms. The molecule has 0 heterocycles. The summed E-state index contributed by atoms with van der Waals surface area (Å²) in [6, 6.07) is 11.7. The number of aryl methyl sites for hydroxylation is 2. The van der Waals surface area contributed by atoms with Gasteiger partial charge in [-0.2, -0.15) is 0 Å². The maximum atomic E-state index is 12.3. The summed E-state index contributed by atoms with van der Waals surface area (Å²) >= 11 is 4.97. The zero-order chi connectivity index (χ0) is 18.9. The molecule has 26 heavy (non-hydrogen) atoms. The lowest BCUT2D eigenvalue weighted by Gasteiger charge is -2.18. The van der Waals surface area contributed by atoms with Crippen molar-refractivity contribution in [3.05, 3.63) is 53.1 Å². The highest BCUT2D eigenvalue weighted by Crippen LogP contribution is 2.29. The van der Waals surface area contributed by atoms with E-state index in [1.165, 1.54) is 5.56 Å². The number of alkyl halides is 1. The molecule has 0 atom stereocenters. The van der Waals surface area contributed by atoms with Crippen LogP contribution in [0.15, 0.2) is 36.4 Å². The van der Waals surface area contributed by atoms with E-state index in [4.69, 9.17) is 21.7 Å². The zero-order valence-corrected chi connectivity index (χ0v) is 16.1. The van der Waals surface area contributed by atoms with Crippen LogP contribution in [0.3, 0.4) is 0 Å². The first-order valence-electron chi connectivity index (χ1n) is 8.55. The molecule has 4 nitrogen and oxygen atoms in total. The van der Waals surface area contributed by atoms with E-state index in [-0.39, 0.29) is 11.8 Å². The molecule has 140 valence electrons. The highest BCUT2D eigenvalue weighted by atomic mass is 32.1. The van der Waals surface area contributed by atoms with Crippen LogP contribution in [0.5, 0.6) is 11.5 Å². The molecule has 2 rings (SSSR count). The lowest BCUT2D eigenvalue weighted by atomic mass is 10.1. The number of thiocarbonyl (C=S) groups is 1. The first kappa shape index (κ1) is 20.0. The normalized spacial score (nSPS) is 10.3. The number of hydrogen-bond acceptors (Lipinski definition) is 4. The van der Waals surface area contributed by atoms with Crippen molar-refractivity contribution in [2.24, 2.45) is 0 Å². The quantitative estimate of drug-likeness (QED) is 0.642. The minimum atomic E-state index is -0.980. The monoisotopic (exact) mass is 377 g/mol. The molecular formula is C20H24FNO3S. The average Bonchev–Trinajstić information content (AvgIpc) is 2.62. The Hall–Kier alpha value is -2.34. The maximum Gasteiger partial charge on any atom is 0.263 e. The Kier molecular flexibility index (Phi) is 7.66. The molecule has 6 heteroatoms. The van der Waals surface area contributed by atoms with Crippen molar-refractivity contribution in [1.82, 2.24) is 0 Å². The van der Waals surface area contributed by atoms with Crippen molar-refractivity contribution in [3.63, 3.8) is 0 Å². The number of ether oxygens (including phenoxy) is 3. The molecule has 0 fully saturated rings. The molecule has 0 unspecified atom stereocenters. The van der Waals surface area contributed by atoms with Crippen molar-refractivity contribution in [3.8, 4) is 11.5 Å². The molecule has 0 amide bonds. The third kappa shape index (κ3) is 5.33. The molecule has 2 aromatic carbocycles. The van der Waals surface area contributed by atoms with Gasteiger partial charge in [-0.3, -0.25) is 0 Å². The van der Waals surface area contributed by atoms with Gasteiger partial charge in [0.25, 0.3) is 5.17 Å². The van der Waals surface area contributed by atoms with E-state index in [1.807, 2.05) is 38.1 Å². The van der Waals surface area contributed by atoms with Gasteiger partial charge in [-0.05, 0) is 61.8 Å². The summed E-state index contributed by atoms with van der Waals surface area (Å²) in [5.41, 5.74) is 3.79. The first-order valence-corrected chi connectivity index (χ1v) is 8.96. The molecule has 2 aromatic rings. The second-order valence-electron chi connectivity index (χ2n) is 5.62. The predicted molar refractivity (Wildman–Crippen MR) is 106 cm³/mol. The largest absolute Gasteiger partial charge is 0.493 e. The molecule has 0 aliphatic carbocycles. The Morgan fingerprint density at radius 2 is 1.92 bits per heavy atom. The van der Waals surface area contributed by atoms with Crippen molar-refractivity contribution in [2.75, 3.05) is 18.8 Å². The van der Waals surface area contributed by atoms with Crippen LogP contribution < -0.4 is 14.8 Å². The fourth-order valence-electron chi connectivity index (χ4n) is 2.56. The molecule has 0 aromatic heterocycles. The Balaban J connectivity index is 2.23. The van der Waals surface area contributed by atoms with Gasteiger partial charge >= 0.3 is 0 Å². The van der Waals surface area contributed by atoms with Crippen LogP contribution in [0.2, 0.25) is 0 Å². The summed E-state index contributed by atoms with van der Waals surface area (Å²) in [4.78, 5) is 0. The molecule has 0 bridgehead atoms. The van der Waals surface area contributed by atoms with Gasteiger partial charge in [0, 0.05) is 0 Å². The highest BCUT2D eigenvalue weighted by Gasteiger charge is 2.13. The summed E-state index contributed by atoms with van der Waals surface area (Å²) in [6.07, 6.45) is 0.981. The number of rotatable bonds is 8. The molecule has 0 aliphatic rings. The Morgan fingerprint density at radius 3 is 2.58 bits per heavy atom. The van der Waals surface area contributed by atoms with E-state index >= 15 is 0 Å². The molecule has 0 aliphatic heterocycles. The van der Waals surface area contributed by atoms with E-state index in [9.17, 15) is 4.39 Å². The number of hydrogen-bond donors (Lipinski definition) is 1. The van der Waals surface area contributed by atoms with Crippen LogP contribution in [-0.2, 0) is 17.8 Å². The maximum absolute atomic E-state index is 12.3. The summed E-state index contributed by atoms with van der Waals surface area (Å²) in [5.74, 6) is 1.49. The Labute approximate surface area is 159 Å². The van der Waals surface area contributed by atoms with Gasteiger partial charge in [-0.1, -0.05) is 25.1 Å². The second kappa shape index (κ2) is 9.97. The molecule has 0 saturated carbocycles. The summed E-state index contributed by atoms with van der Waals surface area (Å²) in [5, 5.41) is 2.85. The highest BCUT2D eigenvalue weighted by molar-refractivity contribution is 7.80. The Morgan fingerprint density at radius 1 is 1.12 bits per heavy atom. The smallest absolute Gasteiger partial charge is 0.263 e. The fourth-order valence-corrected chi connectivity index (χ4v) is 2.72. The standard InChI is InChI=1S/C20H24FNO3S/c1-4-15-9-10-18(14(3)11-15)24-12-16-17(22-20(26)25-13-21)7-6-8-19(16)23-5-2/h6-11H,4-5,12-13H2,1-3H3,(H,22,26). The van der Waals surface area contributed by atoms with Gasteiger partial charge < -0.3 is 19.5 Å². The van der Waals surface area contributed by atoms with Crippen molar-refractivity contribution < 1.29 is 18.6 Å². The number of anilines is 1. The molecular weight excluding hydrogens is 353 g/mol. The van der Waals surface area contributed by atoms with E-state index in [2.05, 4.69) is 29.1 Å². The van der Waals surface area contributed by atoms with Gasteiger partial charge in [0.15, 0.2) is 0 Å². The summed E-state index contributed by atoms with van der Waals surface area (Å²) < 4.78 is 28.7. The minimum absolute atomic E-state index is 0.0362. The third-order valence-corrected chi connectivity index (χ3v) is 4.09. The lowest BCUT2D eigenvalue weighted by molar-refractivity contribution is 0.184. The summed E-state index contributed by atoms with van der Waals surface area (Å²) in [6.45, 7) is 5.87. The predicted octanol–water partition coefficient (Wildman–Crippen LogP) is 5.18.